The number of nitrogens with zero attached hydrogens (tertiary/aromatic N) is 1. The lowest BCUT2D eigenvalue weighted by molar-refractivity contribution is -0.122. The zero-order chi connectivity index (χ0) is 18.2. The molecule has 1 amide bonds. The quantitative estimate of drug-likeness (QED) is 0.669. The number of nitriles is 1. The molecule has 0 aliphatic carbocycles. The van der Waals surface area contributed by atoms with Crippen LogP contribution in [0.15, 0.2) is 78.9 Å². The Morgan fingerprint density at radius 1 is 0.885 bits per heavy atom. The highest BCUT2D eigenvalue weighted by Crippen LogP contribution is 2.22. The van der Waals surface area contributed by atoms with E-state index in [-0.39, 0.29) is 12.5 Å². The summed E-state index contributed by atoms with van der Waals surface area (Å²) >= 11 is 0. The van der Waals surface area contributed by atoms with Gasteiger partial charge in [-0.3, -0.25) is 15.6 Å². The number of benzene rings is 3. The zero-order valence-corrected chi connectivity index (χ0v) is 14.0. The smallest absolute Gasteiger partial charge is 0.276 e. The number of rotatable bonds is 6. The minimum absolute atomic E-state index is 0.0873. The van der Waals surface area contributed by atoms with Gasteiger partial charge >= 0.3 is 0 Å². The molecule has 3 aromatic carbocycles. The first kappa shape index (κ1) is 17.1. The topological polar surface area (TPSA) is 74.1 Å². The van der Waals surface area contributed by atoms with Gasteiger partial charge in [-0.2, -0.15) is 5.26 Å². The molecule has 0 saturated heterocycles. The largest absolute Gasteiger partial charge is 0.484 e. The Kier molecular flexibility index (Phi) is 5.48. The monoisotopic (exact) mass is 343 g/mol. The summed E-state index contributed by atoms with van der Waals surface area (Å²) in [5.41, 5.74) is 8.85. The maximum Gasteiger partial charge on any atom is 0.276 e. The van der Waals surface area contributed by atoms with Crippen LogP contribution in [-0.2, 0) is 4.79 Å². The lowest BCUT2D eigenvalue weighted by atomic mass is 10.0. The minimum atomic E-state index is -0.273. The van der Waals surface area contributed by atoms with E-state index in [0.717, 1.165) is 16.8 Å². The fourth-order valence-electron chi connectivity index (χ4n) is 2.33. The third kappa shape index (κ3) is 4.62. The SMILES string of the molecule is N#Cc1ccc(-c2ccc(OCC(=O)NNc3ccccc3)cc2)cc1. The Balaban J connectivity index is 1.51. The predicted octanol–water partition coefficient (Wildman–Crippen LogP) is 3.75. The molecule has 5 heteroatoms. The van der Waals surface area contributed by atoms with Crippen LogP contribution in [-0.4, -0.2) is 12.5 Å². The molecule has 0 unspecified atom stereocenters. The van der Waals surface area contributed by atoms with Gasteiger partial charge in [0, 0.05) is 0 Å². The number of nitrogens with one attached hydrogen (secondary N) is 2. The number of hydrogen-bond donors (Lipinski definition) is 2. The molecule has 3 aromatic rings. The first-order valence-electron chi connectivity index (χ1n) is 8.08. The molecule has 0 radical (unpaired) electrons. The van der Waals surface area contributed by atoms with Gasteiger partial charge < -0.3 is 4.74 Å². The maximum absolute atomic E-state index is 11.8. The molecular weight excluding hydrogens is 326 g/mol. The first-order chi connectivity index (χ1) is 12.7. The maximum atomic E-state index is 11.8. The summed E-state index contributed by atoms with van der Waals surface area (Å²) in [4.78, 5) is 11.8. The van der Waals surface area contributed by atoms with Crippen LogP contribution in [0.3, 0.4) is 0 Å². The van der Waals surface area contributed by atoms with E-state index in [4.69, 9.17) is 10.00 Å². The fourth-order valence-corrected chi connectivity index (χ4v) is 2.33. The Morgan fingerprint density at radius 2 is 1.50 bits per heavy atom. The van der Waals surface area contributed by atoms with Gasteiger partial charge in [0.2, 0.25) is 0 Å². The van der Waals surface area contributed by atoms with Gasteiger partial charge in [0.25, 0.3) is 5.91 Å². The molecule has 0 aromatic heterocycles. The molecule has 5 nitrogen and oxygen atoms in total. The Bertz CT molecular complexity index is 899. The van der Waals surface area contributed by atoms with Gasteiger partial charge in [-0.25, -0.2) is 0 Å². The third-order valence-electron chi connectivity index (χ3n) is 3.69. The number of para-hydroxylation sites is 1. The lowest BCUT2D eigenvalue weighted by Crippen LogP contribution is -2.33. The second-order valence-electron chi connectivity index (χ2n) is 5.54. The van der Waals surface area contributed by atoms with Crippen molar-refractivity contribution in [2.45, 2.75) is 0 Å². The number of amides is 1. The molecule has 26 heavy (non-hydrogen) atoms. The van der Waals surface area contributed by atoms with Crippen molar-refractivity contribution in [2.75, 3.05) is 12.0 Å². The second kappa shape index (κ2) is 8.36. The van der Waals surface area contributed by atoms with Crippen LogP contribution in [0.5, 0.6) is 5.75 Å². The Hall–Kier alpha value is -3.78. The van der Waals surface area contributed by atoms with Crippen LogP contribution in [0.2, 0.25) is 0 Å². The minimum Gasteiger partial charge on any atom is -0.484 e. The van der Waals surface area contributed by atoms with Gasteiger partial charge in [0.1, 0.15) is 5.75 Å². The van der Waals surface area contributed by atoms with Crippen molar-refractivity contribution >= 4 is 11.6 Å². The molecule has 0 aliphatic rings. The van der Waals surface area contributed by atoms with Gasteiger partial charge in [-0.1, -0.05) is 42.5 Å². The summed E-state index contributed by atoms with van der Waals surface area (Å²) in [6.07, 6.45) is 0. The first-order valence-corrected chi connectivity index (χ1v) is 8.08. The van der Waals surface area contributed by atoms with Crippen molar-refractivity contribution in [3.8, 4) is 22.9 Å². The van der Waals surface area contributed by atoms with E-state index in [0.29, 0.717) is 11.3 Å². The number of carbonyl (C=O) groups is 1. The Labute approximate surface area is 151 Å². The molecule has 0 fully saturated rings. The molecule has 2 N–H and O–H groups in total. The molecule has 0 atom stereocenters. The van der Waals surface area contributed by atoms with Crippen LogP contribution in [0.4, 0.5) is 5.69 Å². The molecule has 0 bridgehead atoms. The summed E-state index contributed by atoms with van der Waals surface area (Å²) in [5, 5.41) is 8.84. The second-order valence-corrected chi connectivity index (χ2v) is 5.54. The average Bonchev–Trinajstić information content (AvgIpc) is 2.72. The molecule has 0 heterocycles. The normalized spacial score (nSPS) is 9.81. The number of hydrogen-bond acceptors (Lipinski definition) is 4. The number of ether oxygens (including phenoxy) is 1. The molecule has 128 valence electrons. The summed E-state index contributed by atoms with van der Waals surface area (Å²) in [7, 11) is 0. The zero-order valence-electron chi connectivity index (χ0n) is 14.0. The van der Waals surface area contributed by atoms with E-state index in [2.05, 4.69) is 16.9 Å². The number of anilines is 1. The molecule has 3 rings (SSSR count). The van der Waals surface area contributed by atoms with Crippen LogP contribution in [0, 0.1) is 11.3 Å². The summed E-state index contributed by atoms with van der Waals surface area (Å²) in [6.45, 7) is -0.0873. The van der Waals surface area contributed by atoms with Gasteiger partial charge in [0.05, 0.1) is 17.3 Å². The van der Waals surface area contributed by atoms with Gasteiger partial charge in [-0.05, 0) is 47.5 Å². The molecular formula is C21H17N3O2. The van der Waals surface area contributed by atoms with Crippen molar-refractivity contribution in [1.82, 2.24) is 5.43 Å². The highest BCUT2D eigenvalue weighted by molar-refractivity contribution is 5.79. The average molecular weight is 343 g/mol. The van der Waals surface area contributed by atoms with Crippen LogP contribution in [0.1, 0.15) is 5.56 Å². The van der Waals surface area contributed by atoms with E-state index in [1.54, 1.807) is 12.1 Å². The van der Waals surface area contributed by atoms with Crippen LogP contribution < -0.4 is 15.6 Å². The third-order valence-corrected chi connectivity index (χ3v) is 3.69. The van der Waals surface area contributed by atoms with Crippen LogP contribution >= 0.6 is 0 Å². The number of hydrazine groups is 1. The van der Waals surface area contributed by atoms with Crippen molar-refractivity contribution < 1.29 is 9.53 Å². The standard InChI is InChI=1S/C21H17N3O2/c22-14-16-6-8-17(9-7-16)18-10-12-20(13-11-18)26-15-21(25)24-23-19-4-2-1-3-5-19/h1-13,23H,15H2,(H,24,25). The van der Waals surface area contributed by atoms with E-state index >= 15 is 0 Å². The summed E-state index contributed by atoms with van der Waals surface area (Å²) in [6, 6.07) is 26.3. The fraction of sp³-hybridized carbons (Fsp3) is 0.0476. The van der Waals surface area contributed by atoms with Crippen molar-refractivity contribution in [1.29, 1.82) is 5.26 Å². The van der Waals surface area contributed by atoms with E-state index < -0.39 is 0 Å². The number of carbonyl (C=O) groups excluding carboxylic acids is 1. The van der Waals surface area contributed by atoms with Crippen molar-refractivity contribution in [2.24, 2.45) is 0 Å². The highest BCUT2D eigenvalue weighted by Gasteiger charge is 2.03. The van der Waals surface area contributed by atoms with E-state index in [1.807, 2.05) is 66.7 Å². The predicted molar refractivity (Wildman–Crippen MR) is 100 cm³/mol. The van der Waals surface area contributed by atoms with Gasteiger partial charge in [0.15, 0.2) is 6.61 Å². The summed E-state index contributed by atoms with van der Waals surface area (Å²) in [5.74, 6) is 0.335. The van der Waals surface area contributed by atoms with E-state index in [9.17, 15) is 4.79 Å². The lowest BCUT2D eigenvalue weighted by Gasteiger charge is -2.10. The molecule has 0 aliphatic heterocycles. The van der Waals surface area contributed by atoms with Crippen molar-refractivity contribution in [3.05, 3.63) is 84.4 Å². The van der Waals surface area contributed by atoms with Gasteiger partial charge in [-0.15, -0.1) is 0 Å². The highest BCUT2D eigenvalue weighted by atomic mass is 16.5. The van der Waals surface area contributed by atoms with Crippen LogP contribution in [0.25, 0.3) is 11.1 Å². The molecule has 0 spiro atoms. The van der Waals surface area contributed by atoms with E-state index in [1.165, 1.54) is 0 Å². The molecule has 0 saturated carbocycles. The Morgan fingerprint density at radius 3 is 2.12 bits per heavy atom. The van der Waals surface area contributed by atoms with Crippen molar-refractivity contribution in [3.63, 3.8) is 0 Å². The summed E-state index contributed by atoms with van der Waals surface area (Å²) < 4.78 is 5.49.